The lowest BCUT2D eigenvalue weighted by atomic mass is 10.2. The van der Waals surface area contributed by atoms with Crippen molar-refractivity contribution in [3.63, 3.8) is 0 Å². The molecule has 0 saturated carbocycles. The summed E-state index contributed by atoms with van der Waals surface area (Å²) < 4.78 is 1.63. The van der Waals surface area contributed by atoms with Gasteiger partial charge in [0.25, 0.3) is 0 Å². The highest BCUT2D eigenvalue weighted by atomic mass is 16.2. The topological polar surface area (TPSA) is 24.2 Å². The second kappa shape index (κ2) is 7.58. The van der Waals surface area contributed by atoms with Crippen LogP contribution in [0.25, 0.3) is 0 Å². The van der Waals surface area contributed by atoms with Gasteiger partial charge < -0.3 is 4.90 Å². The summed E-state index contributed by atoms with van der Waals surface area (Å²) in [6.07, 6.45) is 5.95. The number of hydrogen-bond acceptors (Lipinski definition) is 2. The average molecular weight is 283 g/mol. The smallest absolute Gasteiger partial charge is 0.371 e. The van der Waals surface area contributed by atoms with Crippen molar-refractivity contribution in [2.75, 3.05) is 18.0 Å². The van der Waals surface area contributed by atoms with Crippen LogP contribution in [0, 0.1) is 0 Å². The molecule has 0 saturated heterocycles. The first-order valence-corrected chi connectivity index (χ1v) is 7.62. The Bertz CT molecular complexity index is 558. The first kappa shape index (κ1) is 15.2. The van der Waals surface area contributed by atoms with Crippen molar-refractivity contribution in [1.29, 1.82) is 0 Å². The van der Waals surface area contributed by atoms with Crippen LogP contribution in [0.15, 0.2) is 54.9 Å². The Morgan fingerprint density at radius 1 is 0.952 bits per heavy atom. The molecule has 0 fully saturated rings. The zero-order chi connectivity index (χ0) is 15.1. The van der Waals surface area contributed by atoms with Crippen LogP contribution in [0.4, 0.5) is 5.69 Å². The molecule has 1 aromatic carbocycles. The molecule has 0 radical (unpaired) electrons. The Labute approximate surface area is 126 Å². The van der Waals surface area contributed by atoms with Crippen LogP contribution in [-0.4, -0.2) is 19.0 Å². The van der Waals surface area contributed by atoms with Gasteiger partial charge in [0.15, 0.2) is 12.4 Å². The first-order chi connectivity index (χ1) is 10.3. The van der Waals surface area contributed by atoms with E-state index in [0.717, 1.165) is 25.9 Å². The summed E-state index contributed by atoms with van der Waals surface area (Å²) in [5.74, 6) is -0.000293. The highest BCUT2D eigenvalue weighted by molar-refractivity contribution is 5.86. The predicted molar refractivity (Wildman–Crippen MR) is 85.6 cm³/mol. The van der Waals surface area contributed by atoms with Crippen molar-refractivity contribution in [3.05, 3.63) is 60.4 Å². The molecular weight excluding hydrogens is 260 g/mol. The van der Waals surface area contributed by atoms with Gasteiger partial charge in [-0.15, -0.1) is 4.57 Å². The second-order valence-electron chi connectivity index (χ2n) is 5.12. The second-order valence-corrected chi connectivity index (χ2v) is 5.12. The van der Waals surface area contributed by atoms with Crippen molar-refractivity contribution in [3.8, 4) is 0 Å². The molecule has 2 rings (SSSR count). The normalized spacial score (nSPS) is 10.4. The quantitative estimate of drug-likeness (QED) is 0.760. The van der Waals surface area contributed by atoms with E-state index in [2.05, 4.69) is 18.7 Å². The molecule has 21 heavy (non-hydrogen) atoms. The minimum absolute atomic E-state index is 0.000293. The summed E-state index contributed by atoms with van der Waals surface area (Å²) in [6, 6.07) is 13.4. The number of rotatable bonds is 6. The Kier molecular flexibility index (Phi) is 5.50. The molecule has 110 valence electrons. The number of anilines is 1. The Morgan fingerprint density at radius 3 is 2.05 bits per heavy atom. The van der Waals surface area contributed by atoms with E-state index in [4.69, 9.17) is 0 Å². The van der Waals surface area contributed by atoms with Crippen LogP contribution in [0.3, 0.4) is 0 Å². The van der Waals surface area contributed by atoms with Gasteiger partial charge >= 0.3 is 5.91 Å². The van der Waals surface area contributed by atoms with Gasteiger partial charge in [-0.3, -0.25) is 0 Å². The third kappa shape index (κ3) is 3.91. The van der Waals surface area contributed by atoms with E-state index >= 15 is 0 Å². The zero-order valence-electron chi connectivity index (χ0n) is 12.8. The molecule has 2 aromatic rings. The molecule has 0 atom stereocenters. The SMILES string of the molecule is CCCN(CCC)c1cc[n+](C(=O)c2ccccc2)cc1. The van der Waals surface area contributed by atoms with Gasteiger partial charge in [-0.2, -0.15) is 0 Å². The maximum atomic E-state index is 12.3. The third-order valence-corrected chi connectivity index (χ3v) is 3.42. The number of carbonyl (C=O) groups excluding carboxylic acids is 1. The predicted octanol–water partition coefficient (Wildman–Crippen LogP) is 3.29. The van der Waals surface area contributed by atoms with Crippen molar-refractivity contribution in [2.24, 2.45) is 0 Å². The third-order valence-electron chi connectivity index (χ3n) is 3.42. The van der Waals surface area contributed by atoms with E-state index in [1.165, 1.54) is 5.69 Å². The van der Waals surface area contributed by atoms with Crippen LogP contribution in [-0.2, 0) is 0 Å². The van der Waals surface area contributed by atoms with E-state index in [1.54, 1.807) is 4.57 Å². The summed E-state index contributed by atoms with van der Waals surface area (Å²) in [7, 11) is 0. The zero-order valence-corrected chi connectivity index (χ0v) is 12.8. The van der Waals surface area contributed by atoms with Gasteiger partial charge in [-0.1, -0.05) is 32.0 Å². The largest absolute Gasteiger partial charge is 0.424 e. The summed E-state index contributed by atoms with van der Waals surface area (Å²) in [5, 5.41) is 0. The fourth-order valence-corrected chi connectivity index (χ4v) is 2.40. The number of hydrogen-bond donors (Lipinski definition) is 0. The van der Waals surface area contributed by atoms with E-state index < -0.39 is 0 Å². The highest BCUT2D eigenvalue weighted by Gasteiger charge is 2.17. The standard InChI is InChI=1S/C18H23N2O/c1-3-12-19(13-4-2)17-10-14-20(15-11-17)18(21)16-8-6-5-7-9-16/h5-11,14-15H,3-4,12-13H2,1-2H3/q+1. The van der Waals surface area contributed by atoms with Crippen LogP contribution in [0.5, 0.6) is 0 Å². The van der Waals surface area contributed by atoms with E-state index in [-0.39, 0.29) is 5.91 Å². The van der Waals surface area contributed by atoms with E-state index in [1.807, 2.05) is 54.9 Å². The lowest BCUT2D eigenvalue weighted by molar-refractivity contribution is -0.570. The van der Waals surface area contributed by atoms with Crippen LogP contribution < -0.4 is 9.47 Å². The fourth-order valence-electron chi connectivity index (χ4n) is 2.40. The molecule has 3 nitrogen and oxygen atoms in total. The van der Waals surface area contributed by atoms with Crippen molar-refractivity contribution >= 4 is 11.6 Å². The van der Waals surface area contributed by atoms with Gasteiger partial charge in [-0.25, -0.2) is 4.79 Å². The Hall–Kier alpha value is -2.16. The van der Waals surface area contributed by atoms with Crippen molar-refractivity contribution < 1.29 is 9.36 Å². The average Bonchev–Trinajstić information content (AvgIpc) is 2.55. The molecule has 3 heteroatoms. The molecule has 1 heterocycles. The Balaban J connectivity index is 2.16. The monoisotopic (exact) mass is 283 g/mol. The molecular formula is C18H23N2O+. The lowest BCUT2D eigenvalue weighted by Crippen LogP contribution is -2.42. The molecule has 0 aliphatic carbocycles. The van der Waals surface area contributed by atoms with Crippen LogP contribution in [0.2, 0.25) is 0 Å². The van der Waals surface area contributed by atoms with Crippen LogP contribution >= 0.6 is 0 Å². The Morgan fingerprint density at radius 2 is 1.52 bits per heavy atom. The molecule has 0 spiro atoms. The minimum Gasteiger partial charge on any atom is -0.371 e. The van der Waals surface area contributed by atoms with Gasteiger partial charge in [0.1, 0.15) is 0 Å². The summed E-state index contributed by atoms with van der Waals surface area (Å²) in [5.41, 5.74) is 1.88. The number of pyridine rings is 1. The maximum absolute atomic E-state index is 12.3. The van der Waals surface area contributed by atoms with Gasteiger partial charge in [0.2, 0.25) is 0 Å². The van der Waals surface area contributed by atoms with E-state index in [0.29, 0.717) is 5.56 Å². The number of carbonyl (C=O) groups is 1. The lowest BCUT2D eigenvalue weighted by Gasteiger charge is -2.22. The minimum atomic E-state index is -0.000293. The van der Waals surface area contributed by atoms with Crippen molar-refractivity contribution in [2.45, 2.75) is 26.7 Å². The molecule has 0 N–H and O–H groups in total. The van der Waals surface area contributed by atoms with Crippen LogP contribution in [0.1, 0.15) is 37.0 Å². The first-order valence-electron chi connectivity index (χ1n) is 7.62. The number of benzene rings is 1. The molecule has 0 amide bonds. The highest BCUT2D eigenvalue weighted by Crippen LogP contribution is 2.12. The fraction of sp³-hybridized carbons (Fsp3) is 0.333. The molecule has 0 aliphatic rings. The number of nitrogens with zero attached hydrogens (tertiary/aromatic N) is 2. The molecule has 0 unspecified atom stereocenters. The van der Waals surface area contributed by atoms with Crippen molar-refractivity contribution in [1.82, 2.24) is 0 Å². The molecule has 0 aliphatic heterocycles. The summed E-state index contributed by atoms with van der Waals surface area (Å²) in [6.45, 7) is 6.46. The molecule has 1 aromatic heterocycles. The number of aromatic nitrogens is 1. The molecule has 0 bridgehead atoms. The van der Waals surface area contributed by atoms with Gasteiger partial charge in [0, 0.05) is 30.9 Å². The van der Waals surface area contributed by atoms with Gasteiger partial charge in [0.05, 0.1) is 5.56 Å². The summed E-state index contributed by atoms with van der Waals surface area (Å²) >= 11 is 0. The van der Waals surface area contributed by atoms with E-state index in [9.17, 15) is 4.79 Å². The maximum Gasteiger partial charge on any atom is 0.424 e. The summed E-state index contributed by atoms with van der Waals surface area (Å²) in [4.78, 5) is 14.7. The van der Waals surface area contributed by atoms with Gasteiger partial charge in [-0.05, 0) is 25.0 Å².